The maximum absolute atomic E-state index is 6.55. The Morgan fingerprint density at radius 1 is 0.246 bits per heavy atom. The van der Waals surface area contributed by atoms with Crippen molar-refractivity contribution >= 4 is 21.9 Å². The normalized spacial score (nSPS) is 11.3. The lowest BCUT2D eigenvalue weighted by molar-refractivity contribution is 0.669. The molecule has 11 rings (SSSR count). The van der Waals surface area contributed by atoms with Crippen LogP contribution in [-0.4, -0.2) is 15.0 Å². The summed E-state index contributed by atoms with van der Waals surface area (Å²) in [6.07, 6.45) is 0. The van der Waals surface area contributed by atoms with Gasteiger partial charge < -0.3 is 4.42 Å². The lowest BCUT2D eigenvalue weighted by Crippen LogP contribution is -2.00. The molecule has 0 aliphatic carbocycles. The van der Waals surface area contributed by atoms with Crippen molar-refractivity contribution in [2.75, 3.05) is 0 Å². The predicted molar refractivity (Wildman–Crippen MR) is 251 cm³/mol. The van der Waals surface area contributed by atoms with Crippen molar-refractivity contribution in [2.24, 2.45) is 0 Å². The summed E-state index contributed by atoms with van der Waals surface area (Å²) < 4.78 is 6.55. The van der Waals surface area contributed by atoms with Gasteiger partial charge in [-0.1, -0.05) is 188 Å². The van der Waals surface area contributed by atoms with Crippen molar-refractivity contribution in [3.63, 3.8) is 0 Å². The van der Waals surface area contributed by atoms with Gasteiger partial charge in [0.05, 0.1) is 0 Å². The molecule has 4 nitrogen and oxygen atoms in total. The zero-order valence-corrected chi connectivity index (χ0v) is 33.1. The molecule has 0 saturated heterocycles. The lowest BCUT2D eigenvalue weighted by Gasteiger charge is -2.13. The number of aromatic nitrogens is 3. The Morgan fingerprint density at radius 2 is 0.656 bits per heavy atom. The minimum atomic E-state index is 0.584. The van der Waals surface area contributed by atoms with Crippen LogP contribution in [0.25, 0.3) is 112 Å². The fourth-order valence-electron chi connectivity index (χ4n) is 8.35. The number of hydrogen-bond acceptors (Lipinski definition) is 4. The van der Waals surface area contributed by atoms with E-state index in [1.54, 1.807) is 0 Å². The number of nitrogens with zero attached hydrogens (tertiary/aromatic N) is 3. The van der Waals surface area contributed by atoms with Gasteiger partial charge in [0.15, 0.2) is 17.5 Å². The first-order valence-electron chi connectivity index (χ1n) is 20.5. The second-order valence-electron chi connectivity index (χ2n) is 15.2. The summed E-state index contributed by atoms with van der Waals surface area (Å²) in [6, 6.07) is 78.3. The maximum atomic E-state index is 6.55. The van der Waals surface area contributed by atoms with Gasteiger partial charge in [0, 0.05) is 27.5 Å². The summed E-state index contributed by atoms with van der Waals surface area (Å²) in [4.78, 5) is 15.4. The van der Waals surface area contributed by atoms with Crippen LogP contribution < -0.4 is 0 Å². The summed E-state index contributed by atoms with van der Waals surface area (Å²) in [5, 5.41) is 1.96. The average molecular weight is 780 g/mol. The van der Waals surface area contributed by atoms with E-state index in [-0.39, 0.29) is 0 Å². The fourth-order valence-corrected chi connectivity index (χ4v) is 8.35. The topological polar surface area (TPSA) is 51.8 Å². The van der Waals surface area contributed by atoms with Crippen molar-refractivity contribution in [2.45, 2.75) is 0 Å². The van der Waals surface area contributed by atoms with Gasteiger partial charge in [0.1, 0.15) is 11.2 Å². The zero-order valence-electron chi connectivity index (χ0n) is 33.1. The standard InChI is InChI=1S/C57H37N3O/c1-4-16-38(17-5-1)41-22-12-24-43(34-41)44-25-13-26-45(35-44)48-28-10-11-29-49(48)46-32-33-52-51(37-46)54-50(30-15-31-53(54)61-52)57-59-55(40-20-8-3-9-21-40)58-56(60-57)47-27-14-23-42(36-47)39-18-6-2-7-19-39/h1-37H. The smallest absolute Gasteiger partial charge is 0.164 e. The van der Waals surface area contributed by atoms with Gasteiger partial charge in [-0.25, -0.2) is 15.0 Å². The molecule has 0 aliphatic rings. The van der Waals surface area contributed by atoms with Gasteiger partial charge >= 0.3 is 0 Å². The Hall–Kier alpha value is -8.21. The summed E-state index contributed by atoms with van der Waals surface area (Å²) in [5.41, 5.74) is 15.8. The molecule has 0 fully saturated rings. The Morgan fingerprint density at radius 3 is 1.28 bits per heavy atom. The van der Waals surface area contributed by atoms with Gasteiger partial charge in [-0.2, -0.15) is 0 Å². The van der Waals surface area contributed by atoms with Crippen molar-refractivity contribution in [3.05, 3.63) is 224 Å². The molecule has 2 aromatic heterocycles. The highest BCUT2D eigenvalue weighted by atomic mass is 16.3. The van der Waals surface area contributed by atoms with Gasteiger partial charge in [0.25, 0.3) is 0 Å². The second kappa shape index (κ2) is 15.5. The third kappa shape index (κ3) is 6.96. The number of fused-ring (bicyclic) bond motifs is 3. The average Bonchev–Trinajstić information content (AvgIpc) is 3.73. The van der Waals surface area contributed by atoms with Gasteiger partial charge in [0.2, 0.25) is 0 Å². The van der Waals surface area contributed by atoms with Crippen LogP contribution in [0.3, 0.4) is 0 Å². The molecule has 0 amide bonds. The van der Waals surface area contributed by atoms with E-state index in [0.29, 0.717) is 17.5 Å². The number of furan rings is 1. The summed E-state index contributed by atoms with van der Waals surface area (Å²) >= 11 is 0. The third-order valence-corrected chi connectivity index (χ3v) is 11.3. The van der Waals surface area contributed by atoms with E-state index in [9.17, 15) is 0 Å². The van der Waals surface area contributed by atoms with Crippen LogP contribution in [0.1, 0.15) is 0 Å². The molecule has 286 valence electrons. The molecular formula is C57H37N3O. The highest BCUT2D eigenvalue weighted by Gasteiger charge is 2.19. The molecule has 9 aromatic carbocycles. The van der Waals surface area contributed by atoms with Gasteiger partial charge in [-0.3, -0.25) is 0 Å². The second-order valence-corrected chi connectivity index (χ2v) is 15.2. The van der Waals surface area contributed by atoms with E-state index >= 15 is 0 Å². The van der Waals surface area contributed by atoms with E-state index in [4.69, 9.17) is 19.4 Å². The van der Waals surface area contributed by atoms with Crippen LogP contribution in [0.15, 0.2) is 229 Å². The molecule has 2 heterocycles. The number of benzene rings is 9. The van der Waals surface area contributed by atoms with Gasteiger partial charge in [-0.05, 0) is 92.0 Å². The molecule has 0 spiro atoms. The molecular weight excluding hydrogens is 743 g/mol. The Bertz CT molecular complexity index is 3360. The van der Waals surface area contributed by atoms with Crippen LogP contribution in [-0.2, 0) is 0 Å². The van der Waals surface area contributed by atoms with E-state index in [2.05, 4.69) is 176 Å². The highest BCUT2D eigenvalue weighted by Crippen LogP contribution is 2.41. The van der Waals surface area contributed by atoms with E-state index in [0.717, 1.165) is 72.0 Å². The number of rotatable bonds is 8. The summed E-state index contributed by atoms with van der Waals surface area (Å²) in [6.45, 7) is 0. The van der Waals surface area contributed by atoms with Crippen LogP contribution in [0.2, 0.25) is 0 Å². The molecule has 0 atom stereocenters. The first kappa shape index (κ1) is 35.9. The molecule has 11 aromatic rings. The zero-order chi connectivity index (χ0) is 40.5. The minimum absolute atomic E-state index is 0.584. The van der Waals surface area contributed by atoms with Crippen LogP contribution >= 0.6 is 0 Å². The molecule has 61 heavy (non-hydrogen) atoms. The van der Waals surface area contributed by atoms with Crippen LogP contribution in [0.4, 0.5) is 0 Å². The molecule has 0 bridgehead atoms. The Labute approximate surface area is 354 Å². The summed E-state index contributed by atoms with van der Waals surface area (Å²) in [5.74, 6) is 1.80. The van der Waals surface area contributed by atoms with E-state index in [1.165, 1.54) is 22.3 Å². The molecule has 0 radical (unpaired) electrons. The maximum Gasteiger partial charge on any atom is 0.164 e. The summed E-state index contributed by atoms with van der Waals surface area (Å²) in [7, 11) is 0. The molecule has 0 unspecified atom stereocenters. The lowest BCUT2D eigenvalue weighted by atomic mass is 9.91. The fraction of sp³-hybridized carbons (Fsp3) is 0. The third-order valence-electron chi connectivity index (χ3n) is 11.3. The SMILES string of the molecule is c1ccc(-c2cccc(-c3cccc(-c4ccccc4-c4ccc5oc6cccc(-c7nc(-c8ccccc8)nc(-c8cccc(-c9ccccc9)c8)n7)c6c5c4)c3)c2)cc1. The first-order valence-corrected chi connectivity index (χ1v) is 20.5. The van der Waals surface area contributed by atoms with Crippen molar-refractivity contribution < 1.29 is 4.42 Å². The first-order chi connectivity index (χ1) is 30.2. The van der Waals surface area contributed by atoms with Crippen molar-refractivity contribution in [3.8, 4) is 89.8 Å². The van der Waals surface area contributed by atoms with Crippen LogP contribution in [0.5, 0.6) is 0 Å². The quantitative estimate of drug-likeness (QED) is 0.154. The molecule has 4 heteroatoms. The predicted octanol–water partition coefficient (Wildman–Crippen LogP) is 15.1. The van der Waals surface area contributed by atoms with Crippen LogP contribution in [0, 0.1) is 0 Å². The molecule has 0 N–H and O–H groups in total. The van der Waals surface area contributed by atoms with E-state index in [1.807, 2.05) is 48.5 Å². The Kier molecular flexibility index (Phi) is 9.14. The number of hydrogen-bond donors (Lipinski definition) is 0. The minimum Gasteiger partial charge on any atom is -0.456 e. The largest absolute Gasteiger partial charge is 0.456 e. The highest BCUT2D eigenvalue weighted by molar-refractivity contribution is 6.13. The Balaban J connectivity index is 1.03. The van der Waals surface area contributed by atoms with E-state index < -0.39 is 0 Å². The van der Waals surface area contributed by atoms with Crippen molar-refractivity contribution in [1.29, 1.82) is 0 Å². The molecule has 0 aliphatic heterocycles. The monoisotopic (exact) mass is 779 g/mol. The van der Waals surface area contributed by atoms with Crippen molar-refractivity contribution in [1.82, 2.24) is 15.0 Å². The molecule has 0 saturated carbocycles. The van der Waals surface area contributed by atoms with Gasteiger partial charge in [-0.15, -0.1) is 0 Å².